The molecule has 0 fully saturated rings. The summed E-state index contributed by atoms with van der Waals surface area (Å²) in [6.07, 6.45) is 1.80. The van der Waals surface area contributed by atoms with E-state index in [0.29, 0.717) is 0 Å². The van der Waals surface area contributed by atoms with Crippen LogP contribution >= 0.6 is 11.6 Å². The van der Waals surface area contributed by atoms with E-state index in [2.05, 4.69) is 5.10 Å². The van der Waals surface area contributed by atoms with E-state index in [-0.39, 0.29) is 0 Å². The molecule has 16 heavy (non-hydrogen) atoms. The zero-order valence-electron chi connectivity index (χ0n) is 8.47. The molecule has 0 atom stereocenters. The van der Waals surface area contributed by atoms with Gasteiger partial charge in [-0.05, 0) is 24.3 Å². The lowest BCUT2D eigenvalue weighted by Gasteiger charge is -2.02. The Morgan fingerprint density at radius 3 is 2.56 bits per heavy atom. The molecule has 3 aromatic rings. The lowest BCUT2D eigenvalue weighted by molar-refractivity contribution is 0.911. The molecule has 0 saturated carbocycles. The third-order valence-electron chi connectivity index (χ3n) is 2.56. The molecule has 0 bridgehead atoms. The van der Waals surface area contributed by atoms with Gasteiger partial charge >= 0.3 is 0 Å². The molecule has 78 valence electrons. The van der Waals surface area contributed by atoms with E-state index < -0.39 is 0 Å². The van der Waals surface area contributed by atoms with Crippen molar-refractivity contribution >= 4 is 22.5 Å². The van der Waals surface area contributed by atoms with Gasteiger partial charge in [0.15, 0.2) is 0 Å². The van der Waals surface area contributed by atoms with Crippen molar-refractivity contribution in [2.45, 2.75) is 0 Å². The summed E-state index contributed by atoms with van der Waals surface area (Å²) in [7, 11) is 0. The minimum Gasteiger partial charge on any atom is -0.233 e. The highest BCUT2D eigenvalue weighted by atomic mass is 35.5. The van der Waals surface area contributed by atoms with E-state index >= 15 is 0 Å². The van der Waals surface area contributed by atoms with Crippen LogP contribution in [0.4, 0.5) is 0 Å². The number of hydrogen-bond donors (Lipinski definition) is 0. The lowest BCUT2D eigenvalue weighted by Crippen LogP contribution is -1.94. The summed E-state index contributed by atoms with van der Waals surface area (Å²) in [5, 5.41) is 6.07. The number of rotatable bonds is 1. The van der Waals surface area contributed by atoms with Crippen molar-refractivity contribution in [3.05, 3.63) is 59.8 Å². The van der Waals surface area contributed by atoms with E-state index in [4.69, 9.17) is 11.6 Å². The summed E-state index contributed by atoms with van der Waals surface area (Å²) in [5.74, 6) is 0. The molecule has 2 nitrogen and oxygen atoms in total. The number of hydrogen-bond acceptors (Lipinski definition) is 1. The Bertz CT molecular complexity index is 629. The molecule has 0 N–H and O–H groups in total. The molecule has 0 unspecified atom stereocenters. The number of aromatic nitrogens is 2. The summed E-state index contributed by atoms with van der Waals surface area (Å²) in [6, 6.07) is 15.8. The van der Waals surface area contributed by atoms with Gasteiger partial charge in [-0.25, -0.2) is 4.68 Å². The predicted octanol–water partition coefficient (Wildman–Crippen LogP) is 3.68. The first-order valence-electron chi connectivity index (χ1n) is 5.04. The molecule has 1 aromatic heterocycles. The van der Waals surface area contributed by atoms with Gasteiger partial charge in [-0.15, -0.1) is 0 Å². The molecule has 2 aromatic carbocycles. The molecule has 3 heteroatoms. The van der Waals surface area contributed by atoms with Crippen LogP contribution in [-0.4, -0.2) is 9.78 Å². The van der Waals surface area contributed by atoms with Crippen LogP contribution in [0.1, 0.15) is 0 Å². The molecule has 0 spiro atoms. The van der Waals surface area contributed by atoms with Crippen LogP contribution in [0, 0.1) is 0 Å². The van der Waals surface area contributed by atoms with Crippen molar-refractivity contribution in [3.63, 3.8) is 0 Å². The number of halogens is 1. The summed E-state index contributed by atoms with van der Waals surface area (Å²) in [6.45, 7) is 0. The number of nitrogens with zero attached hydrogens (tertiary/aromatic N) is 2. The van der Waals surface area contributed by atoms with Gasteiger partial charge in [0, 0.05) is 5.39 Å². The maximum Gasteiger partial charge on any atom is 0.0756 e. The third-order valence-corrected chi connectivity index (χ3v) is 2.89. The minimum absolute atomic E-state index is 0.736. The van der Waals surface area contributed by atoms with Gasteiger partial charge in [0.25, 0.3) is 0 Å². The van der Waals surface area contributed by atoms with E-state index in [1.165, 1.54) is 0 Å². The van der Waals surface area contributed by atoms with Crippen LogP contribution in [-0.2, 0) is 0 Å². The average molecular weight is 229 g/mol. The van der Waals surface area contributed by atoms with E-state index in [1.54, 1.807) is 6.20 Å². The molecule has 0 radical (unpaired) electrons. The molecule has 0 amide bonds. The van der Waals surface area contributed by atoms with Gasteiger partial charge in [0.05, 0.1) is 22.4 Å². The fourth-order valence-electron chi connectivity index (χ4n) is 1.79. The number of benzene rings is 2. The second-order valence-electron chi connectivity index (χ2n) is 3.56. The average Bonchev–Trinajstić information content (AvgIpc) is 2.75. The van der Waals surface area contributed by atoms with Crippen molar-refractivity contribution in [1.29, 1.82) is 0 Å². The minimum atomic E-state index is 0.736. The summed E-state index contributed by atoms with van der Waals surface area (Å²) < 4.78 is 1.89. The molecule has 0 aliphatic heterocycles. The summed E-state index contributed by atoms with van der Waals surface area (Å²) in [5.41, 5.74) is 2.07. The lowest BCUT2D eigenvalue weighted by atomic mass is 10.2. The van der Waals surface area contributed by atoms with Gasteiger partial charge in [0.2, 0.25) is 0 Å². The van der Waals surface area contributed by atoms with E-state index in [9.17, 15) is 0 Å². The standard InChI is InChI=1S/C13H9ClN2/c14-12-7-4-8-13-11(12)9-15-16(13)10-5-2-1-3-6-10/h1-9H. The Balaban J connectivity index is 2.30. The monoisotopic (exact) mass is 228 g/mol. The van der Waals surface area contributed by atoms with Gasteiger partial charge in [0.1, 0.15) is 0 Å². The van der Waals surface area contributed by atoms with Gasteiger partial charge in [-0.2, -0.15) is 5.10 Å². The smallest absolute Gasteiger partial charge is 0.0756 e. The van der Waals surface area contributed by atoms with E-state index in [0.717, 1.165) is 21.6 Å². The molecular formula is C13H9ClN2. The highest BCUT2D eigenvalue weighted by molar-refractivity contribution is 6.35. The summed E-state index contributed by atoms with van der Waals surface area (Å²) >= 11 is 6.10. The van der Waals surface area contributed by atoms with Crippen LogP contribution in [0.3, 0.4) is 0 Å². The van der Waals surface area contributed by atoms with Gasteiger partial charge in [-0.3, -0.25) is 0 Å². The predicted molar refractivity (Wildman–Crippen MR) is 66.1 cm³/mol. The quantitative estimate of drug-likeness (QED) is 0.621. The maximum absolute atomic E-state index is 6.10. The molecular weight excluding hydrogens is 220 g/mol. The van der Waals surface area contributed by atoms with Crippen LogP contribution in [0.25, 0.3) is 16.6 Å². The van der Waals surface area contributed by atoms with Crippen LogP contribution in [0.2, 0.25) is 5.02 Å². The zero-order chi connectivity index (χ0) is 11.0. The second-order valence-corrected chi connectivity index (χ2v) is 3.97. The Morgan fingerprint density at radius 2 is 1.75 bits per heavy atom. The van der Waals surface area contributed by atoms with Crippen molar-refractivity contribution in [3.8, 4) is 5.69 Å². The Hall–Kier alpha value is -1.80. The van der Waals surface area contributed by atoms with Crippen LogP contribution < -0.4 is 0 Å². The highest BCUT2D eigenvalue weighted by Crippen LogP contribution is 2.24. The van der Waals surface area contributed by atoms with E-state index in [1.807, 2.05) is 53.2 Å². The van der Waals surface area contributed by atoms with Crippen molar-refractivity contribution < 1.29 is 0 Å². The number of para-hydroxylation sites is 1. The van der Waals surface area contributed by atoms with Crippen molar-refractivity contribution in [2.24, 2.45) is 0 Å². The highest BCUT2D eigenvalue weighted by Gasteiger charge is 2.06. The maximum atomic E-state index is 6.10. The zero-order valence-corrected chi connectivity index (χ0v) is 9.22. The first-order valence-corrected chi connectivity index (χ1v) is 5.42. The first-order chi connectivity index (χ1) is 7.86. The second kappa shape index (κ2) is 3.65. The Kier molecular flexibility index (Phi) is 2.15. The SMILES string of the molecule is Clc1cccc2c1cnn2-c1ccccc1. The molecule has 0 saturated heterocycles. The first kappa shape index (κ1) is 9.43. The van der Waals surface area contributed by atoms with Crippen molar-refractivity contribution in [2.75, 3.05) is 0 Å². The molecule has 0 aliphatic carbocycles. The van der Waals surface area contributed by atoms with Crippen molar-refractivity contribution in [1.82, 2.24) is 9.78 Å². The Morgan fingerprint density at radius 1 is 0.938 bits per heavy atom. The topological polar surface area (TPSA) is 17.8 Å². The largest absolute Gasteiger partial charge is 0.233 e. The van der Waals surface area contributed by atoms with Crippen LogP contribution in [0.15, 0.2) is 54.7 Å². The van der Waals surface area contributed by atoms with Gasteiger partial charge < -0.3 is 0 Å². The molecule has 0 aliphatic rings. The molecule has 3 rings (SSSR count). The molecule has 1 heterocycles. The summed E-state index contributed by atoms with van der Waals surface area (Å²) in [4.78, 5) is 0. The number of fused-ring (bicyclic) bond motifs is 1. The fraction of sp³-hybridized carbons (Fsp3) is 0. The van der Waals surface area contributed by atoms with Crippen LogP contribution in [0.5, 0.6) is 0 Å². The third kappa shape index (κ3) is 1.39. The Labute approximate surface area is 98.1 Å². The van der Waals surface area contributed by atoms with Gasteiger partial charge in [-0.1, -0.05) is 35.9 Å². The normalized spacial score (nSPS) is 10.8. The fourth-order valence-corrected chi connectivity index (χ4v) is 2.01.